The summed E-state index contributed by atoms with van der Waals surface area (Å²) >= 11 is 0. The number of rotatable bonds is 7. The number of amides is 1. The number of fused-ring (bicyclic) bond motifs is 2. The van der Waals surface area contributed by atoms with Crippen LogP contribution >= 0.6 is 0 Å². The second kappa shape index (κ2) is 14.7. The molecule has 0 bridgehead atoms. The molecule has 5 aromatic rings. The number of ether oxygens (including phenoxy) is 1. The summed E-state index contributed by atoms with van der Waals surface area (Å²) < 4.78 is 8.86. The van der Waals surface area contributed by atoms with Crippen molar-refractivity contribution in [3.8, 4) is 5.88 Å². The topological polar surface area (TPSA) is 219 Å². The van der Waals surface area contributed by atoms with E-state index in [-0.39, 0.29) is 12.0 Å². The van der Waals surface area contributed by atoms with Crippen molar-refractivity contribution in [3.63, 3.8) is 0 Å². The van der Waals surface area contributed by atoms with Crippen molar-refractivity contribution < 1.29 is 19.4 Å². The van der Waals surface area contributed by atoms with E-state index in [0.29, 0.717) is 66.0 Å². The minimum Gasteiger partial charge on any atom is -0.493 e. The molecule has 290 valence electrons. The van der Waals surface area contributed by atoms with Gasteiger partial charge in [0.05, 0.1) is 24.0 Å². The molecule has 0 aromatic carbocycles. The van der Waals surface area contributed by atoms with Crippen LogP contribution in [0.4, 0.5) is 22.2 Å². The van der Waals surface area contributed by atoms with Crippen LogP contribution in [0.2, 0.25) is 0 Å². The van der Waals surface area contributed by atoms with E-state index < -0.39 is 11.3 Å². The first-order chi connectivity index (χ1) is 26.5. The first-order valence-corrected chi connectivity index (χ1v) is 18.8. The van der Waals surface area contributed by atoms with Gasteiger partial charge < -0.3 is 40.2 Å². The number of anilines is 3. The molecule has 4 fully saturated rings. The van der Waals surface area contributed by atoms with Crippen molar-refractivity contribution in [2.75, 3.05) is 67.5 Å². The number of hydrogen-bond donors (Lipinski definition) is 5. The van der Waals surface area contributed by atoms with Crippen LogP contribution in [0.1, 0.15) is 62.5 Å². The van der Waals surface area contributed by atoms with Crippen LogP contribution in [0, 0.1) is 0 Å². The van der Waals surface area contributed by atoms with E-state index in [1.165, 1.54) is 6.20 Å². The zero-order valence-corrected chi connectivity index (χ0v) is 31.2. The molecule has 2 saturated heterocycles. The Kier molecular flexibility index (Phi) is 9.62. The van der Waals surface area contributed by atoms with E-state index in [9.17, 15) is 19.5 Å². The number of nitrogens with one attached hydrogen (secondary N) is 4. The normalized spacial score (nSPS) is 18.5. The zero-order chi connectivity index (χ0) is 38.3. The van der Waals surface area contributed by atoms with Gasteiger partial charge in [0.1, 0.15) is 28.7 Å². The van der Waals surface area contributed by atoms with Gasteiger partial charge in [-0.15, -0.1) is 0 Å². The molecule has 9 rings (SSSR count). The maximum atomic E-state index is 12.3. The van der Waals surface area contributed by atoms with Gasteiger partial charge in [-0.25, -0.2) is 19.6 Å². The van der Waals surface area contributed by atoms with Gasteiger partial charge in [0.15, 0.2) is 23.1 Å². The lowest BCUT2D eigenvalue weighted by atomic mass is 10.2. The van der Waals surface area contributed by atoms with Gasteiger partial charge in [0.25, 0.3) is 0 Å². The number of hydrogen-bond acceptors (Lipinski definition) is 14. The number of imidazole rings is 1. The number of aromatic hydroxyl groups is 1. The van der Waals surface area contributed by atoms with Gasteiger partial charge in [-0.1, -0.05) is 0 Å². The molecule has 2 saturated carbocycles. The largest absolute Gasteiger partial charge is 0.493 e. The number of nitrogens with zero attached hydrogens (tertiary/aromatic N) is 10. The number of aromatic amines is 2. The number of aldehydes is 1. The van der Waals surface area contributed by atoms with E-state index in [4.69, 9.17) is 14.7 Å². The Morgan fingerprint density at radius 1 is 0.927 bits per heavy atom. The highest BCUT2D eigenvalue weighted by Gasteiger charge is 2.28. The molecule has 4 aliphatic rings. The Balaban J connectivity index is 0.000000155. The number of piperazine rings is 2. The molecule has 0 radical (unpaired) electrons. The van der Waals surface area contributed by atoms with E-state index >= 15 is 0 Å². The van der Waals surface area contributed by atoms with Crippen LogP contribution in [0.25, 0.3) is 17.4 Å². The molecule has 5 N–H and O–H groups in total. The summed E-state index contributed by atoms with van der Waals surface area (Å²) in [6, 6.07) is 4.76. The molecule has 19 heteroatoms. The Labute approximate surface area is 315 Å². The maximum absolute atomic E-state index is 12.3. The summed E-state index contributed by atoms with van der Waals surface area (Å²) in [4.78, 5) is 60.2. The monoisotopic (exact) mass is 754 g/mol. The molecular weight excluding hydrogens is 708 g/mol. The predicted molar refractivity (Wildman–Crippen MR) is 204 cm³/mol. The lowest BCUT2D eigenvalue weighted by molar-refractivity contribution is 0.0240. The lowest BCUT2D eigenvalue weighted by Gasteiger charge is -2.36. The fourth-order valence-corrected chi connectivity index (χ4v) is 6.44. The highest BCUT2D eigenvalue weighted by molar-refractivity contribution is 5.85. The second-order valence-corrected chi connectivity index (χ2v) is 15.2. The van der Waals surface area contributed by atoms with Crippen LogP contribution in [0.3, 0.4) is 0 Å². The van der Waals surface area contributed by atoms with E-state index in [0.717, 1.165) is 81.1 Å². The van der Waals surface area contributed by atoms with Crippen molar-refractivity contribution in [1.82, 2.24) is 49.4 Å². The zero-order valence-electron chi connectivity index (χ0n) is 31.2. The molecule has 2 aliphatic heterocycles. The van der Waals surface area contributed by atoms with Gasteiger partial charge in [-0.2, -0.15) is 19.2 Å². The van der Waals surface area contributed by atoms with Gasteiger partial charge in [0, 0.05) is 75.8 Å². The molecule has 1 amide bonds. The van der Waals surface area contributed by atoms with Gasteiger partial charge in [0.2, 0.25) is 5.88 Å². The number of H-pyrrole nitrogens is 2. The second-order valence-electron chi connectivity index (χ2n) is 15.2. The van der Waals surface area contributed by atoms with Crippen LogP contribution in [-0.4, -0.2) is 132 Å². The Hall–Kier alpha value is -5.98. The van der Waals surface area contributed by atoms with Crippen LogP contribution in [0.15, 0.2) is 34.3 Å². The smallest absolute Gasteiger partial charge is 0.410 e. The molecule has 2 aliphatic carbocycles. The first-order valence-electron chi connectivity index (χ1n) is 18.8. The van der Waals surface area contributed by atoms with E-state index in [1.54, 1.807) is 26.2 Å². The predicted octanol–water partition coefficient (Wildman–Crippen LogP) is 0.645. The molecule has 55 heavy (non-hydrogen) atoms. The third-order valence-electron chi connectivity index (χ3n) is 9.60. The van der Waals surface area contributed by atoms with Gasteiger partial charge in [-0.05, 0) is 52.5 Å². The highest BCUT2D eigenvalue weighted by Crippen LogP contribution is 2.28. The average molecular weight is 755 g/mol. The standard InChI is InChI=1S/C19H26N6O3.C17H20N8O2/c1-19(2,3)28-18(27)24-8-6-23(7-9-24)15-10-16(21-14-4-5-14)25-17(22-15)13(12-26)11-20-25;26-16-12(21-17(27)23-16)7-10-9-19-25-14(20-11-1-2-11)8-13(22-15(10)25)24-5-3-18-4-6-24/h10-12,14,21H,4-9H2,1-3H3;7-9,11,18,26H,1-6H2,(H2,21,23,27). The van der Waals surface area contributed by atoms with Gasteiger partial charge >= 0.3 is 11.8 Å². The summed E-state index contributed by atoms with van der Waals surface area (Å²) in [7, 11) is 0. The van der Waals surface area contributed by atoms with Crippen LogP contribution < -0.4 is 36.8 Å². The first kappa shape index (κ1) is 36.0. The Bertz CT molecular complexity index is 2390. The van der Waals surface area contributed by atoms with E-state index in [1.807, 2.05) is 32.9 Å². The van der Waals surface area contributed by atoms with E-state index in [2.05, 4.69) is 45.6 Å². The molecule has 0 unspecified atom stereocenters. The molecule has 0 spiro atoms. The molecule has 0 atom stereocenters. The third kappa shape index (κ3) is 8.25. The number of carbonyl (C=O) groups is 2. The summed E-state index contributed by atoms with van der Waals surface area (Å²) in [6.07, 6.45) is 9.83. The lowest BCUT2D eigenvalue weighted by Crippen LogP contribution is -2.50. The maximum Gasteiger partial charge on any atom is 0.410 e. The molecule has 19 nitrogen and oxygen atoms in total. The summed E-state index contributed by atoms with van der Waals surface area (Å²) in [5, 5.41) is 26.1. The quantitative estimate of drug-likeness (QED) is 0.144. The van der Waals surface area contributed by atoms with Crippen LogP contribution in [0.5, 0.6) is 5.88 Å². The van der Waals surface area contributed by atoms with Crippen molar-refractivity contribution in [1.29, 1.82) is 0 Å². The third-order valence-corrected chi connectivity index (χ3v) is 9.60. The van der Waals surface area contributed by atoms with Gasteiger partial charge in [-0.3, -0.25) is 14.8 Å². The molecule has 5 aromatic heterocycles. The van der Waals surface area contributed by atoms with Crippen molar-refractivity contribution in [3.05, 3.63) is 57.0 Å². The fourth-order valence-electron chi connectivity index (χ4n) is 6.44. The minimum absolute atomic E-state index is 0.208. The minimum atomic E-state index is -0.503. The van der Waals surface area contributed by atoms with Crippen LogP contribution in [-0.2, 0) is 4.74 Å². The molecule has 7 heterocycles. The average Bonchev–Trinajstić information content (AvgIpc) is 4.06. The Morgan fingerprint density at radius 2 is 1.62 bits per heavy atom. The van der Waals surface area contributed by atoms with Crippen molar-refractivity contribution >= 4 is 47.2 Å². The number of aromatic nitrogens is 8. The number of carbonyl (C=O) groups excluding carboxylic acids is 2. The SMILES string of the molecule is CC(C)(C)OC(=O)N1CCN(c2cc(NC3CC3)n3ncc(C=O)c3n2)CC1.O=c1[nH]c(O)c(C=c2cnn3c(=NC4CC4)cc(N4CCNCC4)nc23)[nH]1. The highest BCUT2D eigenvalue weighted by atomic mass is 16.6. The summed E-state index contributed by atoms with van der Waals surface area (Å²) in [5.74, 6) is 2.28. The summed E-state index contributed by atoms with van der Waals surface area (Å²) in [5.41, 5.74) is 1.77. The fraction of sp³-hybridized carbons (Fsp3) is 0.500. The Morgan fingerprint density at radius 3 is 2.27 bits per heavy atom. The van der Waals surface area contributed by atoms with Crippen molar-refractivity contribution in [2.24, 2.45) is 4.99 Å². The van der Waals surface area contributed by atoms with Crippen molar-refractivity contribution in [2.45, 2.75) is 64.1 Å². The summed E-state index contributed by atoms with van der Waals surface area (Å²) in [6.45, 7) is 11.6. The molecular formula is C36H46N14O5.